The number of thiophene rings is 1. The second-order valence-corrected chi connectivity index (χ2v) is 7.67. The number of hydrogen-bond acceptors (Lipinski definition) is 6. The average Bonchev–Trinajstić information content (AvgIpc) is 3.06. The number of esters is 1. The number of aryl methyl sites for hydroxylation is 1. The van der Waals surface area contributed by atoms with E-state index in [2.05, 4.69) is 5.32 Å². The fourth-order valence-electron chi connectivity index (χ4n) is 3.20. The van der Waals surface area contributed by atoms with Crippen molar-refractivity contribution in [2.45, 2.75) is 45.6 Å². The van der Waals surface area contributed by atoms with E-state index < -0.39 is 6.10 Å². The van der Waals surface area contributed by atoms with E-state index in [1.54, 1.807) is 45.2 Å². The lowest BCUT2D eigenvalue weighted by Crippen LogP contribution is -2.30. The van der Waals surface area contributed by atoms with E-state index in [-0.39, 0.29) is 11.9 Å². The lowest BCUT2D eigenvalue weighted by Gasteiger charge is -2.15. The van der Waals surface area contributed by atoms with E-state index in [4.69, 9.17) is 14.2 Å². The van der Waals surface area contributed by atoms with Crippen molar-refractivity contribution in [3.8, 4) is 11.5 Å². The highest BCUT2D eigenvalue weighted by Gasteiger charge is 2.28. The van der Waals surface area contributed by atoms with Gasteiger partial charge in [-0.25, -0.2) is 4.79 Å². The number of nitrogens with one attached hydrogen (secondary N) is 1. The Morgan fingerprint density at radius 1 is 1.14 bits per heavy atom. The van der Waals surface area contributed by atoms with Crippen LogP contribution in [0, 0.1) is 0 Å². The van der Waals surface area contributed by atoms with Gasteiger partial charge in [0, 0.05) is 4.88 Å². The van der Waals surface area contributed by atoms with Crippen LogP contribution < -0.4 is 14.8 Å². The lowest BCUT2D eigenvalue weighted by molar-refractivity contribution is -0.122. The largest absolute Gasteiger partial charge is 0.497 e. The summed E-state index contributed by atoms with van der Waals surface area (Å²) in [6, 6.07) is 7.03. The number of carbonyl (C=O) groups is 2. The summed E-state index contributed by atoms with van der Waals surface area (Å²) in [6.07, 6.45) is 3.19. The molecule has 6 nitrogen and oxygen atoms in total. The number of benzene rings is 1. The van der Waals surface area contributed by atoms with Crippen molar-refractivity contribution in [1.82, 2.24) is 0 Å². The van der Waals surface area contributed by atoms with Gasteiger partial charge >= 0.3 is 5.97 Å². The smallest absolute Gasteiger partial charge is 0.341 e. The van der Waals surface area contributed by atoms with Crippen molar-refractivity contribution in [1.29, 1.82) is 0 Å². The molecule has 1 aliphatic rings. The van der Waals surface area contributed by atoms with E-state index in [0.29, 0.717) is 28.7 Å². The SMILES string of the molecule is CCOC(=O)c1c(NC(=O)C(C)Oc2ccc(OC)cc2)sc2c1CCCC2. The Morgan fingerprint density at radius 3 is 2.50 bits per heavy atom. The average molecular weight is 404 g/mol. The molecule has 0 spiro atoms. The summed E-state index contributed by atoms with van der Waals surface area (Å²) >= 11 is 1.47. The maximum absolute atomic E-state index is 12.7. The van der Waals surface area contributed by atoms with Crippen molar-refractivity contribution in [2.75, 3.05) is 19.0 Å². The normalized spacial score (nSPS) is 14.0. The number of fused-ring (bicyclic) bond motifs is 1. The Kier molecular flexibility index (Phi) is 6.57. The van der Waals surface area contributed by atoms with Gasteiger partial charge in [0.05, 0.1) is 19.3 Å². The van der Waals surface area contributed by atoms with Gasteiger partial charge in [-0.2, -0.15) is 0 Å². The van der Waals surface area contributed by atoms with Gasteiger partial charge in [-0.15, -0.1) is 11.3 Å². The van der Waals surface area contributed by atoms with Crippen LogP contribution in [0.4, 0.5) is 5.00 Å². The van der Waals surface area contributed by atoms with Crippen molar-refractivity contribution in [3.63, 3.8) is 0 Å². The van der Waals surface area contributed by atoms with E-state index >= 15 is 0 Å². The Hall–Kier alpha value is -2.54. The third kappa shape index (κ3) is 4.47. The zero-order valence-electron chi connectivity index (χ0n) is 16.4. The molecule has 1 amide bonds. The summed E-state index contributed by atoms with van der Waals surface area (Å²) in [5.74, 6) is 0.605. The number of hydrogen-bond donors (Lipinski definition) is 1. The second-order valence-electron chi connectivity index (χ2n) is 6.56. The third-order valence-corrected chi connectivity index (χ3v) is 5.84. The van der Waals surface area contributed by atoms with Crippen LogP contribution in [0.1, 0.15) is 47.5 Å². The van der Waals surface area contributed by atoms with Crippen LogP contribution in [-0.2, 0) is 22.4 Å². The van der Waals surface area contributed by atoms with Crippen molar-refractivity contribution in [2.24, 2.45) is 0 Å². The number of ether oxygens (including phenoxy) is 3. The summed E-state index contributed by atoms with van der Waals surface area (Å²) < 4.78 is 16.1. The van der Waals surface area contributed by atoms with Gasteiger partial charge in [-0.1, -0.05) is 0 Å². The van der Waals surface area contributed by atoms with Gasteiger partial charge in [0.1, 0.15) is 16.5 Å². The molecule has 0 bridgehead atoms. The Balaban J connectivity index is 1.75. The molecule has 2 aromatic rings. The fourth-order valence-corrected chi connectivity index (χ4v) is 4.48. The molecule has 0 saturated carbocycles. The minimum absolute atomic E-state index is 0.299. The maximum atomic E-state index is 12.7. The summed E-state index contributed by atoms with van der Waals surface area (Å²) in [7, 11) is 1.59. The first-order valence-corrected chi connectivity index (χ1v) is 10.3. The molecule has 3 rings (SSSR count). The molecule has 1 atom stereocenters. The second kappa shape index (κ2) is 9.10. The highest BCUT2D eigenvalue weighted by Crippen LogP contribution is 2.38. The minimum Gasteiger partial charge on any atom is -0.497 e. The molecule has 1 aliphatic carbocycles. The molecular formula is C21H25NO5S. The van der Waals surface area contributed by atoms with Gasteiger partial charge in [0.2, 0.25) is 0 Å². The Morgan fingerprint density at radius 2 is 1.82 bits per heavy atom. The predicted molar refractivity (Wildman–Crippen MR) is 109 cm³/mol. The first kappa shape index (κ1) is 20.2. The maximum Gasteiger partial charge on any atom is 0.341 e. The summed E-state index contributed by atoms with van der Waals surface area (Å²) in [4.78, 5) is 26.3. The van der Waals surface area contributed by atoms with Crippen LogP contribution in [0.5, 0.6) is 11.5 Å². The standard InChI is InChI=1S/C21H25NO5S/c1-4-26-21(24)18-16-7-5-6-8-17(16)28-20(18)22-19(23)13(2)27-15-11-9-14(25-3)10-12-15/h9-13H,4-8H2,1-3H3,(H,22,23). The van der Waals surface area contributed by atoms with E-state index in [0.717, 1.165) is 36.1 Å². The number of methoxy groups -OCH3 is 1. The molecule has 1 unspecified atom stereocenters. The Labute approximate surface area is 168 Å². The number of rotatable bonds is 7. The van der Waals surface area contributed by atoms with E-state index in [9.17, 15) is 9.59 Å². The van der Waals surface area contributed by atoms with Crippen LogP contribution in [0.3, 0.4) is 0 Å². The molecule has 0 aliphatic heterocycles. The third-order valence-electron chi connectivity index (χ3n) is 4.63. The molecular weight excluding hydrogens is 378 g/mol. The number of anilines is 1. The monoisotopic (exact) mass is 403 g/mol. The molecule has 150 valence electrons. The van der Waals surface area contributed by atoms with Crippen LogP contribution in [0.25, 0.3) is 0 Å². The number of amides is 1. The van der Waals surface area contributed by atoms with Crippen molar-refractivity contribution >= 4 is 28.2 Å². The lowest BCUT2D eigenvalue weighted by atomic mass is 9.95. The molecule has 0 fully saturated rings. The minimum atomic E-state index is -0.720. The quantitative estimate of drug-likeness (QED) is 0.701. The van der Waals surface area contributed by atoms with Gasteiger partial charge in [0.15, 0.2) is 6.10 Å². The van der Waals surface area contributed by atoms with Gasteiger partial charge in [-0.05, 0) is 69.4 Å². The molecule has 0 saturated heterocycles. The highest BCUT2D eigenvalue weighted by molar-refractivity contribution is 7.17. The molecule has 0 radical (unpaired) electrons. The van der Waals surface area contributed by atoms with Crippen molar-refractivity contribution in [3.05, 3.63) is 40.3 Å². The van der Waals surface area contributed by atoms with Gasteiger partial charge < -0.3 is 19.5 Å². The van der Waals surface area contributed by atoms with Crippen molar-refractivity contribution < 1.29 is 23.8 Å². The Bertz CT molecular complexity index is 843. The molecule has 7 heteroatoms. The molecule has 1 aromatic carbocycles. The van der Waals surface area contributed by atoms with Gasteiger partial charge in [-0.3, -0.25) is 4.79 Å². The zero-order valence-corrected chi connectivity index (χ0v) is 17.2. The predicted octanol–water partition coefficient (Wildman–Crippen LogP) is 4.22. The highest BCUT2D eigenvalue weighted by atomic mass is 32.1. The summed E-state index contributed by atoms with van der Waals surface area (Å²) in [6.45, 7) is 3.75. The number of carbonyl (C=O) groups excluding carboxylic acids is 2. The topological polar surface area (TPSA) is 73.9 Å². The first-order chi connectivity index (χ1) is 13.5. The summed E-state index contributed by atoms with van der Waals surface area (Å²) in [5.41, 5.74) is 1.53. The summed E-state index contributed by atoms with van der Waals surface area (Å²) in [5, 5.41) is 3.43. The zero-order chi connectivity index (χ0) is 20.1. The van der Waals surface area contributed by atoms with Gasteiger partial charge in [0.25, 0.3) is 5.91 Å². The van der Waals surface area contributed by atoms with Crippen LogP contribution in [0.2, 0.25) is 0 Å². The molecule has 1 N–H and O–H groups in total. The fraction of sp³-hybridized carbons (Fsp3) is 0.429. The van der Waals surface area contributed by atoms with E-state index in [1.165, 1.54) is 11.3 Å². The van der Waals surface area contributed by atoms with Crippen LogP contribution in [0.15, 0.2) is 24.3 Å². The van der Waals surface area contributed by atoms with E-state index in [1.807, 2.05) is 0 Å². The molecule has 1 heterocycles. The van der Waals surface area contributed by atoms with Crippen LogP contribution >= 0.6 is 11.3 Å². The first-order valence-electron chi connectivity index (χ1n) is 9.46. The van der Waals surface area contributed by atoms with Crippen LogP contribution in [-0.4, -0.2) is 31.7 Å². The molecule has 1 aromatic heterocycles. The molecule has 28 heavy (non-hydrogen) atoms.